The molecule has 2 aliphatic rings. The number of carbonyl (C=O) groups excluding carboxylic acids is 1. The van der Waals surface area contributed by atoms with Crippen molar-refractivity contribution in [1.29, 1.82) is 0 Å². The number of amides is 1. The lowest BCUT2D eigenvalue weighted by Gasteiger charge is -2.35. The molecule has 0 radical (unpaired) electrons. The van der Waals surface area contributed by atoms with E-state index in [1.165, 1.54) is 5.56 Å². The molecule has 2 fully saturated rings. The molecule has 1 saturated heterocycles. The van der Waals surface area contributed by atoms with Gasteiger partial charge in [-0.3, -0.25) is 4.79 Å². The molecule has 3 rings (SSSR count). The maximum absolute atomic E-state index is 13.0. The first-order valence-corrected chi connectivity index (χ1v) is 10.6. The predicted molar refractivity (Wildman–Crippen MR) is 114 cm³/mol. The topological polar surface area (TPSA) is 44.4 Å². The highest BCUT2D eigenvalue weighted by Crippen LogP contribution is 2.48. The van der Waals surface area contributed by atoms with Gasteiger partial charge in [-0.25, -0.2) is 0 Å². The van der Waals surface area contributed by atoms with Crippen LogP contribution in [0.25, 0.3) is 0 Å². The van der Waals surface area contributed by atoms with Crippen molar-refractivity contribution < 1.29 is 4.79 Å². The Bertz CT molecular complexity index is 700. The summed E-state index contributed by atoms with van der Waals surface area (Å²) in [6.07, 6.45) is 1.92. The summed E-state index contributed by atoms with van der Waals surface area (Å²) in [7, 11) is 0. The Balaban J connectivity index is 1.78. The summed E-state index contributed by atoms with van der Waals surface area (Å²) in [6.45, 7) is 10.8. The maximum atomic E-state index is 13.0. The monoisotopic (exact) mass is 391 g/mol. The number of rotatable bonds is 4. The fourth-order valence-corrected chi connectivity index (χ4v) is 5.19. The van der Waals surface area contributed by atoms with E-state index in [0.717, 1.165) is 18.5 Å². The molecule has 2 unspecified atom stereocenters. The highest BCUT2D eigenvalue weighted by molar-refractivity contribution is 8.01. The van der Waals surface area contributed by atoms with Crippen molar-refractivity contribution in [1.82, 2.24) is 10.2 Å². The van der Waals surface area contributed by atoms with Gasteiger partial charge in [0.2, 0.25) is 5.91 Å². The third-order valence-corrected chi connectivity index (χ3v) is 6.99. The molecule has 1 amide bonds. The van der Waals surface area contributed by atoms with Crippen LogP contribution in [0, 0.1) is 18.8 Å². The third-order valence-electron chi connectivity index (χ3n) is 4.93. The van der Waals surface area contributed by atoms with Crippen LogP contribution < -0.4 is 10.6 Å². The molecule has 2 atom stereocenters. The second-order valence-corrected chi connectivity index (χ2v) is 10.4. The van der Waals surface area contributed by atoms with Crippen LogP contribution in [0.3, 0.4) is 0 Å². The van der Waals surface area contributed by atoms with Crippen LogP contribution in [0.2, 0.25) is 0 Å². The fraction of sp³-hybridized carbons (Fsp3) is 0.600. The molecule has 1 aromatic carbocycles. The standard InChI is InChI=1S/C20H29N3OS2/c1-12(2)17-23(16(24)14-9-10-14)18(20(4,5)26-17)22-19(25)21-15-8-6-7-13(3)11-15/h6-8,11-12,14,17-18H,9-10H2,1-5H3,(H2,21,22,25). The van der Waals surface area contributed by atoms with Crippen molar-refractivity contribution in [2.24, 2.45) is 11.8 Å². The first-order valence-electron chi connectivity index (χ1n) is 9.33. The molecular weight excluding hydrogens is 362 g/mol. The van der Waals surface area contributed by atoms with E-state index in [1.807, 2.05) is 23.9 Å². The van der Waals surface area contributed by atoms with E-state index >= 15 is 0 Å². The van der Waals surface area contributed by atoms with Gasteiger partial charge in [-0.15, -0.1) is 11.8 Å². The number of anilines is 1. The minimum absolute atomic E-state index is 0.113. The van der Waals surface area contributed by atoms with Gasteiger partial charge in [0.05, 0.1) is 10.1 Å². The zero-order chi connectivity index (χ0) is 19.1. The van der Waals surface area contributed by atoms with Gasteiger partial charge in [0.25, 0.3) is 0 Å². The van der Waals surface area contributed by atoms with Gasteiger partial charge in [0.1, 0.15) is 6.17 Å². The average molecular weight is 392 g/mol. The Kier molecular flexibility index (Phi) is 5.54. The second kappa shape index (κ2) is 7.39. The molecule has 0 spiro atoms. The predicted octanol–water partition coefficient (Wildman–Crippen LogP) is 4.35. The quantitative estimate of drug-likeness (QED) is 0.747. The second-order valence-electron chi connectivity index (χ2n) is 8.25. The molecule has 26 heavy (non-hydrogen) atoms. The lowest BCUT2D eigenvalue weighted by atomic mass is 10.1. The molecular formula is C20H29N3OS2. The summed E-state index contributed by atoms with van der Waals surface area (Å²) in [6, 6.07) is 8.13. The molecule has 4 nitrogen and oxygen atoms in total. The summed E-state index contributed by atoms with van der Waals surface area (Å²) < 4.78 is -0.113. The summed E-state index contributed by atoms with van der Waals surface area (Å²) >= 11 is 7.45. The van der Waals surface area contributed by atoms with Gasteiger partial charge < -0.3 is 15.5 Å². The number of hydrogen-bond donors (Lipinski definition) is 2. The lowest BCUT2D eigenvalue weighted by Crippen LogP contribution is -2.57. The first kappa shape index (κ1) is 19.5. The van der Waals surface area contributed by atoms with Gasteiger partial charge in [-0.2, -0.15) is 0 Å². The van der Waals surface area contributed by atoms with Crippen molar-refractivity contribution in [2.75, 3.05) is 5.32 Å². The summed E-state index contributed by atoms with van der Waals surface area (Å²) in [5.41, 5.74) is 2.14. The van der Waals surface area contributed by atoms with E-state index in [9.17, 15) is 4.79 Å². The number of nitrogens with zero attached hydrogens (tertiary/aromatic N) is 1. The van der Waals surface area contributed by atoms with E-state index in [1.54, 1.807) is 0 Å². The van der Waals surface area contributed by atoms with Crippen LogP contribution in [-0.4, -0.2) is 32.2 Å². The Morgan fingerprint density at radius 2 is 2.04 bits per heavy atom. The molecule has 142 valence electrons. The summed E-state index contributed by atoms with van der Waals surface area (Å²) in [5.74, 6) is 0.873. The zero-order valence-corrected chi connectivity index (χ0v) is 17.8. The number of carbonyl (C=O) groups is 1. The Morgan fingerprint density at radius 3 is 2.62 bits per heavy atom. The minimum atomic E-state index is -0.113. The lowest BCUT2D eigenvalue weighted by molar-refractivity contribution is -0.136. The van der Waals surface area contributed by atoms with Crippen molar-refractivity contribution in [3.05, 3.63) is 29.8 Å². The van der Waals surface area contributed by atoms with E-state index in [2.05, 4.69) is 62.3 Å². The molecule has 0 aromatic heterocycles. The van der Waals surface area contributed by atoms with E-state index in [-0.39, 0.29) is 28.1 Å². The highest BCUT2D eigenvalue weighted by atomic mass is 32.2. The molecule has 6 heteroatoms. The fourth-order valence-electron chi connectivity index (χ4n) is 3.42. The number of hydrogen-bond acceptors (Lipinski definition) is 3. The van der Waals surface area contributed by atoms with Gasteiger partial charge in [-0.05, 0) is 69.4 Å². The summed E-state index contributed by atoms with van der Waals surface area (Å²) in [4.78, 5) is 15.1. The SMILES string of the molecule is Cc1cccc(NC(=S)NC2N(C(=O)C3CC3)C(C(C)C)SC2(C)C)c1. The van der Waals surface area contributed by atoms with Gasteiger partial charge >= 0.3 is 0 Å². The molecule has 1 saturated carbocycles. The highest BCUT2D eigenvalue weighted by Gasteiger charge is 2.53. The Labute approximate surface area is 166 Å². The van der Waals surface area contributed by atoms with E-state index in [4.69, 9.17) is 12.2 Å². The van der Waals surface area contributed by atoms with Crippen LogP contribution >= 0.6 is 24.0 Å². The zero-order valence-electron chi connectivity index (χ0n) is 16.2. The summed E-state index contributed by atoms with van der Waals surface area (Å²) in [5, 5.41) is 7.45. The number of thioether (sulfide) groups is 1. The van der Waals surface area contributed by atoms with Crippen molar-refractivity contribution >= 4 is 40.7 Å². The van der Waals surface area contributed by atoms with E-state index < -0.39 is 0 Å². The Hall–Kier alpha value is -1.27. The number of thiocarbonyl (C=S) groups is 1. The average Bonchev–Trinajstić information content (AvgIpc) is 3.34. The number of benzene rings is 1. The van der Waals surface area contributed by atoms with Crippen molar-refractivity contribution in [3.8, 4) is 0 Å². The smallest absolute Gasteiger partial charge is 0.228 e. The Morgan fingerprint density at radius 1 is 1.35 bits per heavy atom. The maximum Gasteiger partial charge on any atom is 0.228 e. The first-order chi connectivity index (χ1) is 12.2. The molecule has 0 bridgehead atoms. The van der Waals surface area contributed by atoms with Crippen LogP contribution in [0.15, 0.2) is 24.3 Å². The van der Waals surface area contributed by atoms with Gasteiger partial charge in [0, 0.05) is 11.6 Å². The third kappa shape index (κ3) is 4.17. The molecule has 1 heterocycles. The van der Waals surface area contributed by atoms with Gasteiger partial charge in [0.15, 0.2) is 5.11 Å². The molecule has 1 aliphatic heterocycles. The molecule has 1 aliphatic carbocycles. The van der Waals surface area contributed by atoms with Crippen molar-refractivity contribution in [2.45, 2.75) is 63.7 Å². The normalized spacial score (nSPS) is 24.6. The molecule has 2 N–H and O–H groups in total. The van der Waals surface area contributed by atoms with Gasteiger partial charge in [-0.1, -0.05) is 26.0 Å². The number of nitrogens with one attached hydrogen (secondary N) is 2. The largest absolute Gasteiger partial charge is 0.341 e. The van der Waals surface area contributed by atoms with Crippen LogP contribution in [-0.2, 0) is 4.79 Å². The van der Waals surface area contributed by atoms with Crippen LogP contribution in [0.4, 0.5) is 5.69 Å². The van der Waals surface area contributed by atoms with E-state index in [0.29, 0.717) is 11.0 Å². The molecule has 1 aromatic rings. The van der Waals surface area contributed by atoms with Crippen LogP contribution in [0.5, 0.6) is 0 Å². The minimum Gasteiger partial charge on any atom is -0.341 e. The van der Waals surface area contributed by atoms with Crippen molar-refractivity contribution in [3.63, 3.8) is 0 Å². The van der Waals surface area contributed by atoms with Crippen LogP contribution in [0.1, 0.15) is 46.1 Å². The number of aryl methyl sites for hydroxylation is 1.